The molecule has 0 unspecified atom stereocenters. The molecule has 0 heterocycles. The first kappa shape index (κ1) is 11.8. The van der Waals surface area contributed by atoms with Gasteiger partial charge in [-0.3, -0.25) is 19.2 Å². The number of ketones is 4. The van der Waals surface area contributed by atoms with E-state index in [0.717, 1.165) is 6.42 Å². The minimum absolute atomic E-state index is 0.102. The fourth-order valence-corrected chi connectivity index (χ4v) is 1.55. The van der Waals surface area contributed by atoms with Crippen LogP contribution >= 0.6 is 0 Å². The lowest BCUT2D eigenvalue weighted by atomic mass is 9.98. The van der Waals surface area contributed by atoms with E-state index in [4.69, 9.17) is 0 Å². The van der Waals surface area contributed by atoms with E-state index in [1.807, 2.05) is 0 Å². The summed E-state index contributed by atoms with van der Waals surface area (Å²) in [5, 5.41) is 0. The quantitative estimate of drug-likeness (QED) is 0.559. The zero-order valence-corrected chi connectivity index (χ0v) is 8.58. The Hall–Kier alpha value is -1.32. The summed E-state index contributed by atoms with van der Waals surface area (Å²) in [7, 11) is 0. The SMILES string of the molecule is O=C1CCC(=O)C1.O=C1CCCC(=O)C1. The number of Topliss-reactive ketones (excluding diaryl/α,β-unsaturated/α-hetero) is 4. The van der Waals surface area contributed by atoms with Crippen molar-refractivity contribution in [3.63, 3.8) is 0 Å². The van der Waals surface area contributed by atoms with E-state index < -0.39 is 0 Å². The predicted molar refractivity (Wildman–Crippen MR) is 52.3 cm³/mol. The molecule has 2 aliphatic rings. The molecule has 0 N–H and O–H groups in total. The number of rotatable bonds is 0. The second-order valence-corrected chi connectivity index (χ2v) is 3.86. The summed E-state index contributed by atoms with van der Waals surface area (Å²) in [6.07, 6.45) is 3.37. The van der Waals surface area contributed by atoms with Crippen molar-refractivity contribution in [2.75, 3.05) is 0 Å². The highest BCUT2D eigenvalue weighted by Gasteiger charge is 2.17. The summed E-state index contributed by atoms with van der Waals surface area (Å²) in [5.74, 6) is 0.428. The van der Waals surface area contributed by atoms with Crippen LogP contribution in [0.5, 0.6) is 0 Å². The summed E-state index contributed by atoms with van der Waals surface area (Å²) in [6.45, 7) is 0. The summed E-state index contributed by atoms with van der Waals surface area (Å²) >= 11 is 0. The van der Waals surface area contributed by atoms with E-state index in [9.17, 15) is 19.2 Å². The van der Waals surface area contributed by atoms with Gasteiger partial charge in [0.25, 0.3) is 0 Å². The molecule has 0 bridgehead atoms. The Bertz CT molecular complexity index is 276. The molecule has 2 aliphatic carbocycles. The maximum Gasteiger partial charge on any atom is 0.140 e. The van der Waals surface area contributed by atoms with Gasteiger partial charge in [0.05, 0.1) is 12.8 Å². The van der Waals surface area contributed by atoms with Crippen molar-refractivity contribution >= 4 is 23.1 Å². The number of carbonyl (C=O) groups is 4. The molecule has 4 nitrogen and oxygen atoms in total. The Kier molecular flexibility index (Phi) is 4.34. The summed E-state index contributed by atoms with van der Waals surface area (Å²) < 4.78 is 0. The zero-order chi connectivity index (χ0) is 11.3. The number of hydrogen-bond acceptors (Lipinski definition) is 4. The molecule has 2 saturated carbocycles. The number of carbonyl (C=O) groups excluding carboxylic acids is 4. The lowest BCUT2D eigenvalue weighted by molar-refractivity contribution is -0.129. The lowest BCUT2D eigenvalue weighted by Gasteiger charge is -2.04. The van der Waals surface area contributed by atoms with E-state index in [1.54, 1.807) is 0 Å². The predicted octanol–water partition coefficient (Wildman–Crippen LogP) is 1.01. The molecule has 0 aromatic carbocycles. The van der Waals surface area contributed by atoms with Crippen LogP contribution in [0.3, 0.4) is 0 Å². The van der Waals surface area contributed by atoms with Crippen LogP contribution in [-0.2, 0) is 19.2 Å². The van der Waals surface area contributed by atoms with E-state index in [2.05, 4.69) is 0 Å². The van der Waals surface area contributed by atoms with Crippen molar-refractivity contribution in [2.24, 2.45) is 0 Å². The fourth-order valence-electron chi connectivity index (χ4n) is 1.55. The molecular formula is C11H14O4. The van der Waals surface area contributed by atoms with Crippen LogP contribution in [0.2, 0.25) is 0 Å². The van der Waals surface area contributed by atoms with Crippen LogP contribution in [0.4, 0.5) is 0 Å². The van der Waals surface area contributed by atoms with Gasteiger partial charge in [-0.2, -0.15) is 0 Å². The maximum atomic E-state index is 10.5. The standard InChI is InChI=1S/C6H8O2.C5H6O2/c7-5-2-1-3-6(8)4-5;6-4-1-2-5(7)3-4/h1-4H2;1-3H2. The van der Waals surface area contributed by atoms with Gasteiger partial charge in [0, 0.05) is 25.7 Å². The Morgan fingerprint density at radius 1 is 0.533 bits per heavy atom. The lowest BCUT2D eigenvalue weighted by Crippen LogP contribution is -2.13. The van der Waals surface area contributed by atoms with Gasteiger partial charge in [0.1, 0.15) is 23.1 Å². The van der Waals surface area contributed by atoms with Gasteiger partial charge in [-0.15, -0.1) is 0 Å². The van der Waals surface area contributed by atoms with Crippen LogP contribution in [0.15, 0.2) is 0 Å². The smallest absolute Gasteiger partial charge is 0.140 e. The van der Waals surface area contributed by atoms with Crippen molar-refractivity contribution in [1.82, 2.24) is 0 Å². The van der Waals surface area contributed by atoms with Crippen molar-refractivity contribution in [3.05, 3.63) is 0 Å². The first-order valence-electron chi connectivity index (χ1n) is 5.14. The van der Waals surface area contributed by atoms with E-state index >= 15 is 0 Å². The number of hydrogen-bond donors (Lipinski definition) is 0. The van der Waals surface area contributed by atoms with Gasteiger partial charge in [-0.05, 0) is 6.42 Å². The minimum atomic E-state index is 0.102. The topological polar surface area (TPSA) is 68.3 Å². The monoisotopic (exact) mass is 210 g/mol. The second-order valence-electron chi connectivity index (χ2n) is 3.86. The van der Waals surface area contributed by atoms with Crippen molar-refractivity contribution in [2.45, 2.75) is 44.9 Å². The zero-order valence-electron chi connectivity index (χ0n) is 8.58. The first-order chi connectivity index (χ1) is 7.08. The highest BCUT2D eigenvalue weighted by atomic mass is 16.2. The molecule has 0 aromatic heterocycles. The fraction of sp³-hybridized carbons (Fsp3) is 0.636. The molecule has 0 amide bonds. The van der Waals surface area contributed by atoms with Gasteiger partial charge >= 0.3 is 0 Å². The third-order valence-corrected chi connectivity index (χ3v) is 2.38. The van der Waals surface area contributed by atoms with Crippen molar-refractivity contribution < 1.29 is 19.2 Å². The normalized spacial score (nSPS) is 21.3. The first-order valence-corrected chi connectivity index (χ1v) is 5.14. The van der Waals surface area contributed by atoms with Gasteiger partial charge in [0.15, 0.2) is 0 Å². The Morgan fingerprint density at radius 3 is 1.07 bits per heavy atom. The third kappa shape index (κ3) is 4.63. The van der Waals surface area contributed by atoms with Crippen molar-refractivity contribution in [1.29, 1.82) is 0 Å². The maximum absolute atomic E-state index is 10.5. The van der Waals surface area contributed by atoms with Crippen molar-refractivity contribution in [3.8, 4) is 0 Å². The van der Waals surface area contributed by atoms with E-state index in [1.165, 1.54) is 0 Å². The van der Waals surface area contributed by atoms with Crippen LogP contribution in [0, 0.1) is 0 Å². The molecule has 2 fully saturated rings. The van der Waals surface area contributed by atoms with Crippen LogP contribution in [0.25, 0.3) is 0 Å². The van der Waals surface area contributed by atoms with Gasteiger partial charge in [-0.1, -0.05) is 0 Å². The average molecular weight is 210 g/mol. The molecule has 0 atom stereocenters. The molecule has 0 aliphatic heterocycles. The van der Waals surface area contributed by atoms with Crippen LogP contribution < -0.4 is 0 Å². The van der Waals surface area contributed by atoms with Gasteiger partial charge in [-0.25, -0.2) is 0 Å². The molecule has 0 spiro atoms. The molecule has 2 rings (SSSR count). The Labute approximate surface area is 88.0 Å². The third-order valence-electron chi connectivity index (χ3n) is 2.38. The molecule has 0 aromatic rings. The second kappa shape index (κ2) is 5.53. The molecule has 15 heavy (non-hydrogen) atoms. The van der Waals surface area contributed by atoms with Crippen LogP contribution in [0.1, 0.15) is 44.9 Å². The summed E-state index contributed by atoms with van der Waals surface area (Å²) in [6, 6.07) is 0. The molecular weight excluding hydrogens is 196 g/mol. The molecule has 4 heteroatoms. The largest absolute Gasteiger partial charge is 0.299 e. The van der Waals surface area contributed by atoms with Gasteiger partial charge < -0.3 is 0 Å². The highest BCUT2D eigenvalue weighted by Crippen LogP contribution is 2.09. The molecule has 0 saturated heterocycles. The Balaban J connectivity index is 0.000000151. The average Bonchev–Trinajstić information content (AvgIpc) is 2.50. The van der Waals surface area contributed by atoms with E-state index in [-0.39, 0.29) is 36.0 Å². The minimum Gasteiger partial charge on any atom is -0.299 e. The van der Waals surface area contributed by atoms with E-state index in [0.29, 0.717) is 25.7 Å². The Morgan fingerprint density at radius 2 is 0.867 bits per heavy atom. The highest BCUT2D eigenvalue weighted by molar-refractivity contribution is 6.05. The molecule has 82 valence electrons. The summed E-state index contributed by atoms with van der Waals surface area (Å²) in [4.78, 5) is 41.4. The van der Waals surface area contributed by atoms with Crippen LogP contribution in [-0.4, -0.2) is 23.1 Å². The molecule has 0 radical (unpaired) electrons. The summed E-state index contributed by atoms with van der Waals surface area (Å²) in [5.41, 5.74) is 0. The van der Waals surface area contributed by atoms with Gasteiger partial charge in [0.2, 0.25) is 0 Å².